The Labute approximate surface area is 141 Å². The third-order valence-corrected chi connectivity index (χ3v) is 3.76. The van der Waals surface area contributed by atoms with E-state index in [1.54, 1.807) is 26.4 Å². The van der Waals surface area contributed by atoms with E-state index in [1.807, 2.05) is 36.4 Å². The number of carbonyl (C=O) groups is 1. The largest absolute Gasteiger partial charge is 0.380 e. The number of allylic oxidation sites excluding steroid dienone is 1. The van der Waals surface area contributed by atoms with E-state index in [1.165, 1.54) is 6.08 Å². The fourth-order valence-corrected chi connectivity index (χ4v) is 2.52. The van der Waals surface area contributed by atoms with Gasteiger partial charge >= 0.3 is 0 Å². The molecule has 0 aliphatic heterocycles. The van der Waals surface area contributed by atoms with Gasteiger partial charge in [-0.2, -0.15) is 0 Å². The van der Waals surface area contributed by atoms with Crippen LogP contribution in [0.15, 0.2) is 48.5 Å². The van der Waals surface area contributed by atoms with Gasteiger partial charge in [-0.3, -0.25) is 4.79 Å². The molecule has 0 bridgehead atoms. The van der Waals surface area contributed by atoms with E-state index < -0.39 is 0 Å². The van der Waals surface area contributed by atoms with Gasteiger partial charge in [0.25, 0.3) is 0 Å². The summed E-state index contributed by atoms with van der Waals surface area (Å²) in [7, 11) is 3.21. The molecule has 23 heavy (non-hydrogen) atoms. The molecular weight excluding hydrogens is 312 g/mol. The van der Waals surface area contributed by atoms with Gasteiger partial charge < -0.3 is 9.47 Å². The molecule has 0 saturated carbocycles. The van der Waals surface area contributed by atoms with E-state index in [4.69, 9.17) is 21.1 Å². The van der Waals surface area contributed by atoms with E-state index >= 15 is 0 Å². The second-order valence-electron chi connectivity index (χ2n) is 5.09. The maximum absolute atomic E-state index is 12.5. The topological polar surface area (TPSA) is 35.5 Å². The van der Waals surface area contributed by atoms with Crippen molar-refractivity contribution in [2.75, 3.05) is 14.2 Å². The lowest BCUT2D eigenvalue weighted by atomic mass is 10.0. The van der Waals surface area contributed by atoms with Crippen LogP contribution in [0.5, 0.6) is 0 Å². The number of ether oxygens (including phenoxy) is 2. The Morgan fingerprint density at radius 3 is 2.43 bits per heavy atom. The predicted molar refractivity (Wildman–Crippen MR) is 92.7 cm³/mol. The molecule has 0 N–H and O–H groups in total. The van der Waals surface area contributed by atoms with Gasteiger partial charge in [0, 0.05) is 19.8 Å². The smallest absolute Gasteiger partial charge is 0.187 e. The van der Waals surface area contributed by atoms with Crippen molar-refractivity contribution in [2.24, 2.45) is 0 Å². The molecule has 0 heterocycles. The Balaban J connectivity index is 2.32. The molecule has 0 atom stereocenters. The zero-order chi connectivity index (χ0) is 16.7. The third kappa shape index (κ3) is 4.76. The van der Waals surface area contributed by atoms with Crippen LogP contribution >= 0.6 is 11.6 Å². The maximum atomic E-state index is 12.5. The Hall–Kier alpha value is -1.94. The maximum Gasteiger partial charge on any atom is 0.187 e. The molecule has 0 aliphatic carbocycles. The second kappa shape index (κ2) is 8.63. The first kappa shape index (κ1) is 17.4. The number of benzene rings is 2. The summed E-state index contributed by atoms with van der Waals surface area (Å²) in [5.41, 5.74) is 3.09. The molecule has 0 aliphatic rings. The van der Waals surface area contributed by atoms with Crippen molar-refractivity contribution >= 4 is 23.5 Å². The molecule has 2 aromatic carbocycles. The minimum absolute atomic E-state index is 0.144. The van der Waals surface area contributed by atoms with Crippen molar-refractivity contribution < 1.29 is 14.3 Å². The minimum atomic E-state index is -0.144. The third-order valence-electron chi connectivity index (χ3n) is 3.31. The molecule has 0 aromatic heterocycles. The molecular formula is C19H19ClO3. The first-order chi connectivity index (χ1) is 11.2. The number of halogens is 1. The molecule has 2 rings (SSSR count). The average Bonchev–Trinajstić information content (AvgIpc) is 2.57. The molecule has 0 unspecified atom stereocenters. The highest BCUT2D eigenvalue weighted by Gasteiger charge is 2.14. The van der Waals surface area contributed by atoms with Gasteiger partial charge in [0.15, 0.2) is 5.78 Å². The van der Waals surface area contributed by atoms with Crippen LogP contribution in [-0.4, -0.2) is 20.0 Å². The molecule has 0 radical (unpaired) electrons. The van der Waals surface area contributed by atoms with Gasteiger partial charge in [-0.1, -0.05) is 48.0 Å². The summed E-state index contributed by atoms with van der Waals surface area (Å²) in [5.74, 6) is -0.144. The van der Waals surface area contributed by atoms with Gasteiger partial charge in [0.05, 0.1) is 18.2 Å². The van der Waals surface area contributed by atoms with Crippen LogP contribution in [0.25, 0.3) is 6.08 Å². The molecule has 0 fully saturated rings. The lowest BCUT2D eigenvalue weighted by Crippen LogP contribution is -2.03. The highest BCUT2D eigenvalue weighted by atomic mass is 35.5. The SMILES string of the molecule is COCc1cc(COC)c(Cl)c(C(=O)/C=C/c2ccccc2)c1. The molecule has 4 heteroatoms. The number of methoxy groups -OCH3 is 2. The first-order valence-corrected chi connectivity index (χ1v) is 7.60. The Bertz CT molecular complexity index is 693. The fourth-order valence-electron chi connectivity index (χ4n) is 2.27. The number of hydrogen-bond donors (Lipinski definition) is 0. The van der Waals surface area contributed by atoms with E-state index in [9.17, 15) is 4.79 Å². The van der Waals surface area contributed by atoms with Gasteiger partial charge in [0.1, 0.15) is 0 Å². The summed E-state index contributed by atoms with van der Waals surface area (Å²) in [6.07, 6.45) is 3.31. The van der Waals surface area contributed by atoms with Gasteiger partial charge in [-0.05, 0) is 34.9 Å². The number of carbonyl (C=O) groups excluding carboxylic acids is 1. The van der Waals surface area contributed by atoms with Gasteiger partial charge in [-0.25, -0.2) is 0 Å². The van der Waals surface area contributed by atoms with Crippen LogP contribution in [0, 0.1) is 0 Å². The summed E-state index contributed by atoms with van der Waals surface area (Å²) in [5, 5.41) is 0.425. The second-order valence-corrected chi connectivity index (χ2v) is 5.47. The Morgan fingerprint density at radius 2 is 1.78 bits per heavy atom. The first-order valence-electron chi connectivity index (χ1n) is 7.22. The summed E-state index contributed by atoms with van der Waals surface area (Å²) in [6, 6.07) is 13.3. The molecule has 0 saturated heterocycles. The van der Waals surface area contributed by atoms with Crippen LogP contribution < -0.4 is 0 Å². The van der Waals surface area contributed by atoms with Crippen molar-refractivity contribution in [2.45, 2.75) is 13.2 Å². The highest BCUT2D eigenvalue weighted by molar-refractivity contribution is 6.35. The summed E-state index contributed by atoms with van der Waals surface area (Å²) in [6.45, 7) is 0.760. The molecule has 120 valence electrons. The Kier molecular flexibility index (Phi) is 6.53. The highest BCUT2D eigenvalue weighted by Crippen LogP contribution is 2.25. The summed E-state index contributed by atoms with van der Waals surface area (Å²) in [4.78, 5) is 12.5. The molecule has 0 amide bonds. The van der Waals surface area contributed by atoms with Crippen molar-refractivity contribution in [3.8, 4) is 0 Å². The van der Waals surface area contributed by atoms with Crippen LogP contribution in [-0.2, 0) is 22.7 Å². The van der Waals surface area contributed by atoms with E-state index in [-0.39, 0.29) is 5.78 Å². The van der Waals surface area contributed by atoms with Crippen molar-refractivity contribution in [1.82, 2.24) is 0 Å². The summed E-state index contributed by atoms with van der Waals surface area (Å²) >= 11 is 6.36. The lowest BCUT2D eigenvalue weighted by Gasteiger charge is -2.11. The number of rotatable bonds is 7. The monoisotopic (exact) mass is 330 g/mol. The summed E-state index contributed by atoms with van der Waals surface area (Å²) < 4.78 is 10.3. The zero-order valence-electron chi connectivity index (χ0n) is 13.2. The normalized spacial score (nSPS) is 11.1. The molecule has 2 aromatic rings. The van der Waals surface area contributed by atoms with E-state index in [0.29, 0.717) is 23.8 Å². The predicted octanol–water partition coefficient (Wildman–Crippen LogP) is 4.53. The van der Waals surface area contributed by atoms with Gasteiger partial charge in [0.2, 0.25) is 0 Å². The molecule has 3 nitrogen and oxygen atoms in total. The minimum Gasteiger partial charge on any atom is -0.380 e. The molecule has 0 spiro atoms. The van der Waals surface area contributed by atoms with E-state index in [0.717, 1.165) is 16.7 Å². The van der Waals surface area contributed by atoms with Crippen LogP contribution in [0.2, 0.25) is 5.02 Å². The standard InChI is InChI=1S/C19H19ClO3/c1-22-12-15-10-16(13-23-2)19(20)17(11-15)18(21)9-8-14-6-4-3-5-7-14/h3-11H,12-13H2,1-2H3/b9-8+. The van der Waals surface area contributed by atoms with E-state index in [2.05, 4.69) is 0 Å². The fraction of sp³-hybridized carbons (Fsp3) is 0.211. The van der Waals surface area contributed by atoms with Crippen LogP contribution in [0.3, 0.4) is 0 Å². The van der Waals surface area contributed by atoms with Crippen molar-refractivity contribution in [3.05, 3.63) is 75.8 Å². The Morgan fingerprint density at radius 1 is 1.09 bits per heavy atom. The van der Waals surface area contributed by atoms with Crippen molar-refractivity contribution in [1.29, 1.82) is 0 Å². The number of ketones is 1. The van der Waals surface area contributed by atoms with Crippen molar-refractivity contribution in [3.63, 3.8) is 0 Å². The lowest BCUT2D eigenvalue weighted by molar-refractivity contribution is 0.104. The van der Waals surface area contributed by atoms with Gasteiger partial charge in [-0.15, -0.1) is 0 Å². The van der Waals surface area contributed by atoms with Crippen LogP contribution in [0.1, 0.15) is 27.0 Å². The quantitative estimate of drug-likeness (QED) is 0.552. The van der Waals surface area contributed by atoms with Crippen LogP contribution in [0.4, 0.5) is 0 Å². The number of hydrogen-bond acceptors (Lipinski definition) is 3. The zero-order valence-corrected chi connectivity index (χ0v) is 14.0. The average molecular weight is 331 g/mol.